The number of hydrogen-bond donors (Lipinski definition) is 1. The molecule has 0 saturated heterocycles. The Labute approximate surface area is 101 Å². The smallest absolute Gasteiger partial charge is 0.326 e. The quantitative estimate of drug-likeness (QED) is 0.834. The third-order valence-corrected chi connectivity index (χ3v) is 3.51. The average molecular weight is 313 g/mol. The van der Waals surface area contributed by atoms with Gasteiger partial charge in [-0.05, 0) is 12.1 Å². The van der Waals surface area contributed by atoms with Crippen LogP contribution in [0.25, 0.3) is 0 Å². The van der Waals surface area contributed by atoms with Gasteiger partial charge in [-0.25, -0.2) is 0 Å². The Balaban J connectivity index is 0.00000169. The third kappa shape index (κ3) is 4.15. The van der Waals surface area contributed by atoms with Gasteiger partial charge in [-0.3, -0.25) is 4.57 Å². The van der Waals surface area contributed by atoms with Crippen LogP contribution in [-0.4, -0.2) is 13.3 Å². The van der Waals surface area contributed by atoms with Gasteiger partial charge in [-0.15, -0.1) is 0 Å². The molecule has 1 atom stereocenters. The predicted octanol–water partition coefficient (Wildman–Crippen LogP) is 0.771. The van der Waals surface area contributed by atoms with Crippen molar-refractivity contribution in [3.63, 3.8) is 0 Å². The van der Waals surface area contributed by atoms with Crippen LogP contribution in [0.15, 0.2) is 35.2 Å². The van der Waals surface area contributed by atoms with Gasteiger partial charge in [0.15, 0.2) is 0 Å². The molecule has 0 fully saturated rings. The summed E-state index contributed by atoms with van der Waals surface area (Å²) in [6.07, 6.45) is 0. The van der Waals surface area contributed by atoms with E-state index in [9.17, 15) is 13.0 Å². The Morgan fingerprint density at radius 2 is 1.71 bits per heavy atom. The summed E-state index contributed by atoms with van der Waals surface area (Å²) >= 11 is 0. The molecule has 1 N–H and O–H groups in total. The fourth-order valence-corrected chi connectivity index (χ4v) is 2.36. The van der Waals surface area contributed by atoms with Crippen molar-refractivity contribution < 1.29 is 48.0 Å². The fourth-order valence-electron chi connectivity index (χ4n) is 0.729. The minimum atomic E-state index is -4.08. The summed E-state index contributed by atoms with van der Waals surface area (Å²) in [5.74, 6) is 0. The van der Waals surface area contributed by atoms with E-state index in [-0.39, 0.29) is 31.1 Å². The Bertz CT molecular complexity index is 403. The van der Waals surface area contributed by atoms with Crippen LogP contribution < -0.4 is 0 Å². The van der Waals surface area contributed by atoms with Crippen LogP contribution in [0.1, 0.15) is 0 Å². The molecule has 0 aliphatic rings. The summed E-state index contributed by atoms with van der Waals surface area (Å²) in [5, 5.41) is 0. The molecule has 0 radical (unpaired) electrons. The van der Waals surface area contributed by atoms with Gasteiger partial charge < -0.3 is 4.89 Å². The van der Waals surface area contributed by atoms with E-state index in [1.165, 1.54) is 24.3 Å². The first-order chi connectivity index (χ1) is 6.02. The molecular formula is C6H7O5PSZr. The molecule has 1 unspecified atom stereocenters. The Morgan fingerprint density at radius 3 is 2.14 bits per heavy atom. The largest absolute Gasteiger partial charge is 0.331 e. The molecule has 0 bridgehead atoms. The van der Waals surface area contributed by atoms with Gasteiger partial charge in [-0.1, -0.05) is 18.2 Å². The van der Waals surface area contributed by atoms with Crippen molar-refractivity contribution in [2.45, 2.75) is 4.90 Å². The van der Waals surface area contributed by atoms with Crippen molar-refractivity contribution in [1.29, 1.82) is 0 Å². The molecule has 0 saturated carbocycles. The first-order valence-corrected chi connectivity index (χ1v) is 5.92. The van der Waals surface area contributed by atoms with Crippen molar-refractivity contribution in [2.24, 2.45) is 0 Å². The minimum absolute atomic E-state index is 0. The number of benzene rings is 1. The minimum Gasteiger partial charge on any atom is -0.326 e. The second-order valence-corrected chi connectivity index (χ2v) is 4.69. The van der Waals surface area contributed by atoms with E-state index in [0.717, 1.165) is 0 Å². The summed E-state index contributed by atoms with van der Waals surface area (Å²) < 4.78 is 36.2. The molecule has 0 aliphatic heterocycles. The molecular weight excluding hydrogens is 306 g/mol. The standard InChI is InChI=1S/C6H7O5PS.Zr/c7-12(8)11-13(9,10)6-4-2-1-3-5-6;/h1-5,12H,(H,7,8);. The van der Waals surface area contributed by atoms with Crippen LogP contribution in [0, 0.1) is 0 Å². The Kier molecular flexibility index (Phi) is 6.02. The first kappa shape index (κ1) is 14.2. The summed E-state index contributed by atoms with van der Waals surface area (Å²) in [5.41, 5.74) is 0. The zero-order valence-electron chi connectivity index (χ0n) is 6.88. The van der Waals surface area contributed by atoms with E-state index in [4.69, 9.17) is 4.89 Å². The molecule has 0 spiro atoms. The van der Waals surface area contributed by atoms with Gasteiger partial charge in [0.25, 0.3) is 0 Å². The maximum Gasteiger partial charge on any atom is 0.331 e. The fraction of sp³-hybridized carbons (Fsp3) is 0. The zero-order valence-corrected chi connectivity index (χ0v) is 11.1. The van der Waals surface area contributed by atoms with Crippen molar-refractivity contribution in [1.82, 2.24) is 0 Å². The molecule has 1 aromatic carbocycles. The molecule has 5 nitrogen and oxygen atoms in total. The van der Waals surface area contributed by atoms with Gasteiger partial charge in [0, 0.05) is 26.2 Å². The van der Waals surface area contributed by atoms with E-state index in [2.05, 4.69) is 3.97 Å². The van der Waals surface area contributed by atoms with Crippen molar-refractivity contribution in [3.8, 4) is 0 Å². The second-order valence-electron chi connectivity index (χ2n) is 2.12. The normalized spacial score (nSPS) is 12.9. The molecule has 1 rings (SSSR count). The summed E-state index contributed by atoms with van der Waals surface area (Å²) in [6, 6.07) is 7.16. The van der Waals surface area contributed by atoms with Crippen LogP contribution in [0.4, 0.5) is 0 Å². The number of hydrogen-bond acceptors (Lipinski definition) is 4. The molecule has 1 aromatic rings. The molecule has 0 amide bonds. The molecule has 0 aromatic heterocycles. The molecule has 0 heterocycles. The summed E-state index contributed by atoms with van der Waals surface area (Å²) in [7, 11) is -7.55. The van der Waals surface area contributed by atoms with Gasteiger partial charge in [0.05, 0.1) is 4.90 Å². The zero-order chi connectivity index (χ0) is 9.90. The van der Waals surface area contributed by atoms with Crippen LogP contribution in [0.5, 0.6) is 0 Å². The third-order valence-electron chi connectivity index (χ3n) is 1.21. The van der Waals surface area contributed by atoms with Crippen LogP contribution in [0.3, 0.4) is 0 Å². The van der Waals surface area contributed by atoms with Gasteiger partial charge >= 0.3 is 18.4 Å². The van der Waals surface area contributed by atoms with Crippen LogP contribution >= 0.6 is 8.25 Å². The predicted molar refractivity (Wildman–Crippen MR) is 45.9 cm³/mol. The monoisotopic (exact) mass is 312 g/mol. The Hall–Kier alpha value is 0.203. The maximum atomic E-state index is 11.1. The van der Waals surface area contributed by atoms with Crippen LogP contribution in [0.2, 0.25) is 0 Å². The van der Waals surface area contributed by atoms with Gasteiger partial charge in [0.2, 0.25) is 0 Å². The van der Waals surface area contributed by atoms with E-state index in [1.54, 1.807) is 6.07 Å². The number of rotatable bonds is 3. The summed E-state index contributed by atoms with van der Waals surface area (Å²) in [6.45, 7) is 0. The second kappa shape index (κ2) is 5.93. The van der Waals surface area contributed by atoms with Gasteiger partial charge in [0.1, 0.15) is 0 Å². The first-order valence-electron chi connectivity index (χ1n) is 3.25. The van der Waals surface area contributed by atoms with Crippen molar-refractivity contribution >= 4 is 18.4 Å². The van der Waals surface area contributed by atoms with E-state index in [1.807, 2.05) is 0 Å². The Morgan fingerprint density at radius 1 is 1.21 bits per heavy atom. The molecule has 8 heteroatoms. The SMILES string of the molecule is O=[PH](O)OS(=O)(=O)c1ccccc1.[Zr]. The maximum absolute atomic E-state index is 11.1. The average Bonchev–Trinajstić information content (AvgIpc) is 2.04. The van der Waals surface area contributed by atoms with Crippen molar-refractivity contribution in [3.05, 3.63) is 30.3 Å². The van der Waals surface area contributed by atoms with E-state index >= 15 is 0 Å². The topological polar surface area (TPSA) is 80.7 Å². The van der Waals surface area contributed by atoms with Crippen LogP contribution in [-0.2, 0) is 44.9 Å². The van der Waals surface area contributed by atoms with Crippen molar-refractivity contribution in [2.75, 3.05) is 0 Å². The van der Waals surface area contributed by atoms with Gasteiger partial charge in [-0.2, -0.15) is 12.4 Å². The van der Waals surface area contributed by atoms with E-state index < -0.39 is 18.4 Å². The summed E-state index contributed by atoms with van der Waals surface area (Å²) in [4.78, 5) is 8.16. The molecule has 76 valence electrons. The van der Waals surface area contributed by atoms with E-state index in [0.29, 0.717) is 0 Å². The molecule has 14 heavy (non-hydrogen) atoms. The molecule has 0 aliphatic carbocycles.